The minimum absolute atomic E-state index is 0.0219. The van der Waals surface area contributed by atoms with Crippen LogP contribution in [0.1, 0.15) is 86.2 Å². The molecule has 0 bridgehead atoms. The standard InChI is InChI=1S/C26H37NO6S/c1-17-5-7-20(8-6-17)24(29)27(13-3-4-18(2)28)21-16-22(34-23(21)25(30)31)19-9-11-26(12-10-19)32-14-15-33-26/h9,16-18,20,28H,3-8,10-15H2,1-2H3,(H,30,31). The highest BCUT2D eigenvalue weighted by atomic mass is 32.1. The average molecular weight is 492 g/mol. The zero-order valence-electron chi connectivity index (χ0n) is 20.3. The number of allylic oxidation sites excluding steroid dienone is 1. The molecule has 2 N–H and O–H groups in total. The first kappa shape index (κ1) is 25.4. The first-order chi connectivity index (χ1) is 16.3. The molecule has 2 heterocycles. The van der Waals surface area contributed by atoms with Gasteiger partial charge in [-0.25, -0.2) is 4.79 Å². The number of thiophene rings is 1. The van der Waals surface area contributed by atoms with Crippen molar-refractivity contribution in [2.24, 2.45) is 11.8 Å². The number of ether oxygens (including phenoxy) is 2. The summed E-state index contributed by atoms with van der Waals surface area (Å²) in [6, 6.07) is 1.89. The molecule has 1 amide bonds. The van der Waals surface area contributed by atoms with E-state index in [4.69, 9.17) is 9.47 Å². The Hall–Kier alpha value is -1.74. The van der Waals surface area contributed by atoms with Crippen molar-refractivity contribution in [2.75, 3.05) is 24.7 Å². The minimum Gasteiger partial charge on any atom is -0.477 e. The third-order valence-corrected chi connectivity index (χ3v) is 8.58. The van der Waals surface area contributed by atoms with Crippen LogP contribution in [-0.2, 0) is 14.3 Å². The lowest BCUT2D eigenvalue weighted by molar-refractivity contribution is -0.159. The van der Waals surface area contributed by atoms with E-state index in [1.165, 1.54) is 11.3 Å². The molecule has 34 heavy (non-hydrogen) atoms. The second-order valence-electron chi connectivity index (χ2n) is 10.1. The maximum atomic E-state index is 13.6. The fourth-order valence-electron chi connectivity index (χ4n) is 5.31. The van der Waals surface area contributed by atoms with Crippen molar-refractivity contribution < 1.29 is 29.3 Å². The largest absolute Gasteiger partial charge is 0.477 e. The van der Waals surface area contributed by atoms with E-state index in [9.17, 15) is 19.8 Å². The highest BCUT2D eigenvalue weighted by molar-refractivity contribution is 7.15. The molecule has 3 aliphatic rings. The molecular formula is C26H37NO6S. The van der Waals surface area contributed by atoms with E-state index in [1.54, 1.807) is 11.8 Å². The van der Waals surface area contributed by atoms with Gasteiger partial charge in [0.25, 0.3) is 0 Å². The fourth-order valence-corrected chi connectivity index (χ4v) is 6.37. The van der Waals surface area contributed by atoms with Gasteiger partial charge < -0.3 is 24.6 Å². The number of carbonyl (C=O) groups excluding carboxylic acids is 1. The smallest absolute Gasteiger partial charge is 0.348 e. The topological polar surface area (TPSA) is 96.3 Å². The van der Waals surface area contributed by atoms with Crippen LogP contribution in [0.25, 0.3) is 5.57 Å². The number of carboxylic acids is 1. The molecule has 7 nitrogen and oxygen atoms in total. The first-order valence-corrected chi connectivity index (χ1v) is 13.4. The molecule has 0 aromatic carbocycles. The molecule has 8 heteroatoms. The van der Waals surface area contributed by atoms with E-state index in [-0.39, 0.29) is 16.7 Å². The number of aromatic carboxylic acids is 1. The van der Waals surface area contributed by atoms with Crippen LogP contribution in [0.4, 0.5) is 5.69 Å². The molecule has 1 unspecified atom stereocenters. The minimum atomic E-state index is -1.01. The van der Waals surface area contributed by atoms with E-state index in [2.05, 4.69) is 13.0 Å². The number of anilines is 1. The van der Waals surface area contributed by atoms with Crippen LogP contribution in [0.2, 0.25) is 0 Å². The lowest BCUT2D eigenvalue weighted by Crippen LogP contribution is -2.39. The third-order valence-electron chi connectivity index (χ3n) is 7.40. The van der Waals surface area contributed by atoms with E-state index < -0.39 is 17.9 Å². The molecule has 1 aliphatic heterocycles. The summed E-state index contributed by atoms with van der Waals surface area (Å²) in [6.07, 6.45) is 8.71. The summed E-state index contributed by atoms with van der Waals surface area (Å²) in [5.41, 5.74) is 1.59. The number of carboxylic acid groups (broad SMARTS) is 1. The molecule has 1 saturated carbocycles. The van der Waals surface area contributed by atoms with Gasteiger partial charge in [0.1, 0.15) is 4.88 Å². The molecule has 1 spiro atoms. The monoisotopic (exact) mass is 491 g/mol. The molecule has 0 radical (unpaired) electrons. The Kier molecular flexibility index (Phi) is 8.12. The van der Waals surface area contributed by atoms with Gasteiger partial charge >= 0.3 is 5.97 Å². The average Bonchev–Trinajstić information content (AvgIpc) is 3.45. The zero-order chi connectivity index (χ0) is 24.3. The van der Waals surface area contributed by atoms with Crippen molar-refractivity contribution in [3.63, 3.8) is 0 Å². The predicted octanol–water partition coefficient (Wildman–Crippen LogP) is 5.08. The molecular weight excluding hydrogens is 454 g/mol. The number of carbonyl (C=O) groups is 2. The van der Waals surface area contributed by atoms with Crippen molar-refractivity contribution in [1.29, 1.82) is 0 Å². The SMILES string of the molecule is CC(O)CCCN(C(=O)C1CCC(C)CC1)c1cc(C2=CCC3(CC2)OCCO3)sc1C(=O)O. The maximum absolute atomic E-state index is 13.6. The highest BCUT2D eigenvalue weighted by Gasteiger charge is 2.38. The molecule has 188 valence electrons. The molecule has 1 atom stereocenters. The van der Waals surface area contributed by atoms with Crippen LogP contribution >= 0.6 is 11.3 Å². The fraction of sp³-hybridized carbons (Fsp3) is 0.692. The number of hydrogen-bond acceptors (Lipinski definition) is 6. The van der Waals surface area contributed by atoms with E-state index in [0.29, 0.717) is 50.6 Å². The van der Waals surface area contributed by atoms with Crippen LogP contribution in [0.15, 0.2) is 12.1 Å². The Labute approximate surface area is 205 Å². The van der Waals surface area contributed by atoms with E-state index in [0.717, 1.165) is 49.0 Å². The van der Waals surface area contributed by atoms with Gasteiger partial charge in [-0.05, 0) is 69.4 Å². The van der Waals surface area contributed by atoms with Crippen LogP contribution in [0.5, 0.6) is 0 Å². The van der Waals surface area contributed by atoms with Gasteiger partial charge in [0.15, 0.2) is 5.79 Å². The maximum Gasteiger partial charge on any atom is 0.348 e. The van der Waals surface area contributed by atoms with Crippen molar-refractivity contribution in [1.82, 2.24) is 0 Å². The van der Waals surface area contributed by atoms with Crippen molar-refractivity contribution in [3.8, 4) is 0 Å². The number of rotatable bonds is 8. The number of hydrogen-bond donors (Lipinski definition) is 2. The number of aliphatic hydroxyl groups is 1. The second kappa shape index (κ2) is 10.9. The number of nitrogens with zero attached hydrogens (tertiary/aromatic N) is 1. The van der Waals surface area contributed by atoms with E-state index in [1.807, 2.05) is 6.07 Å². The van der Waals surface area contributed by atoms with Crippen molar-refractivity contribution >= 4 is 34.5 Å². The Morgan fingerprint density at radius 3 is 2.53 bits per heavy atom. The first-order valence-electron chi connectivity index (χ1n) is 12.6. The molecule has 2 fully saturated rings. The Bertz CT molecular complexity index is 908. The van der Waals surface area contributed by atoms with Gasteiger partial charge in [-0.15, -0.1) is 11.3 Å². The van der Waals surface area contributed by atoms with E-state index >= 15 is 0 Å². The van der Waals surface area contributed by atoms with Crippen LogP contribution < -0.4 is 4.90 Å². The summed E-state index contributed by atoms with van der Waals surface area (Å²) in [7, 11) is 0. The van der Waals surface area contributed by atoms with Gasteiger partial charge in [-0.2, -0.15) is 0 Å². The Morgan fingerprint density at radius 2 is 1.94 bits per heavy atom. The lowest BCUT2D eigenvalue weighted by Gasteiger charge is -2.31. The van der Waals surface area contributed by atoms with Crippen LogP contribution in [-0.4, -0.2) is 53.7 Å². The molecule has 2 aliphatic carbocycles. The van der Waals surface area contributed by atoms with Gasteiger partial charge in [0, 0.05) is 30.2 Å². The van der Waals surface area contributed by atoms with Crippen LogP contribution in [0, 0.1) is 11.8 Å². The van der Waals surface area contributed by atoms with Gasteiger partial charge in [-0.3, -0.25) is 4.79 Å². The summed E-state index contributed by atoms with van der Waals surface area (Å²) < 4.78 is 11.6. The number of amides is 1. The lowest BCUT2D eigenvalue weighted by atomic mass is 9.82. The Morgan fingerprint density at radius 1 is 1.24 bits per heavy atom. The normalized spacial score (nSPS) is 25.2. The highest BCUT2D eigenvalue weighted by Crippen LogP contribution is 2.43. The summed E-state index contributed by atoms with van der Waals surface area (Å²) in [6.45, 7) is 5.59. The van der Waals surface area contributed by atoms with Crippen LogP contribution in [0.3, 0.4) is 0 Å². The summed E-state index contributed by atoms with van der Waals surface area (Å²) >= 11 is 1.24. The zero-order valence-corrected chi connectivity index (χ0v) is 21.1. The molecule has 1 saturated heterocycles. The summed E-state index contributed by atoms with van der Waals surface area (Å²) in [5.74, 6) is -0.955. The second-order valence-corrected chi connectivity index (χ2v) is 11.2. The summed E-state index contributed by atoms with van der Waals surface area (Å²) in [4.78, 5) is 28.7. The van der Waals surface area contributed by atoms with Gasteiger partial charge in [0.2, 0.25) is 5.91 Å². The third kappa shape index (κ3) is 5.73. The molecule has 1 aromatic heterocycles. The van der Waals surface area contributed by atoms with Crippen molar-refractivity contribution in [3.05, 3.63) is 21.9 Å². The van der Waals surface area contributed by atoms with Crippen molar-refractivity contribution in [2.45, 2.75) is 83.5 Å². The number of aliphatic hydroxyl groups excluding tert-OH is 1. The van der Waals surface area contributed by atoms with Gasteiger partial charge in [0.05, 0.1) is 25.0 Å². The molecule has 1 aromatic rings. The predicted molar refractivity (Wildman–Crippen MR) is 132 cm³/mol. The van der Waals surface area contributed by atoms with Gasteiger partial charge in [-0.1, -0.05) is 13.0 Å². The Balaban J connectivity index is 1.60. The molecule has 4 rings (SSSR count). The quantitative estimate of drug-likeness (QED) is 0.527. The summed E-state index contributed by atoms with van der Waals surface area (Å²) in [5, 5.41) is 19.7.